The zero-order valence-corrected chi connectivity index (χ0v) is 9.01. The quantitative estimate of drug-likeness (QED) is 0.766. The molecule has 0 aliphatic carbocycles. The van der Waals surface area contributed by atoms with Gasteiger partial charge in [-0.3, -0.25) is 4.99 Å². The summed E-state index contributed by atoms with van der Waals surface area (Å²) in [5.74, 6) is 0. The van der Waals surface area contributed by atoms with Crippen LogP contribution in [0.2, 0.25) is 0 Å². The number of hydrogen-bond donors (Lipinski definition) is 1. The number of nitriles is 2. The Kier molecular flexibility index (Phi) is 4.20. The lowest BCUT2D eigenvalue weighted by Crippen LogP contribution is -2.27. The topological polar surface area (TPSA) is 86.0 Å². The van der Waals surface area contributed by atoms with Gasteiger partial charge in [0.25, 0.3) is 0 Å². The van der Waals surface area contributed by atoms with Crippen LogP contribution < -0.4 is 5.73 Å². The molecule has 1 aromatic carbocycles. The predicted molar refractivity (Wildman–Crippen MR) is 61.5 cm³/mol. The zero-order chi connectivity index (χ0) is 12.0. The number of nitrogens with zero attached hydrogens (tertiary/aromatic N) is 3. The molecule has 80 valence electrons. The van der Waals surface area contributed by atoms with Crippen molar-refractivity contribution in [3.05, 3.63) is 35.4 Å². The fourth-order valence-corrected chi connectivity index (χ4v) is 1.13. The fourth-order valence-electron chi connectivity index (χ4n) is 1.13. The van der Waals surface area contributed by atoms with Crippen molar-refractivity contribution in [2.45, 2.75) is 19.5 Å². The Labute approximate surface area is 94.6 Å². The molecule has 0 aliphatic rings. The highest BCUT2D eigenvalue weighted by Gasteiger charge is 2.08. The van der Waals surface area contributed by atoms with E-state index in [0.29, 0.717) is 6.54 Å². The zero-order valence-electron chi connectivity index (χ0n) is 9.01. The molecule has 2 N–H and O–H groups in total. The minimum Gasteiger partial charge on any atom is -0.310 e. The van der Waals surface area contributed by atoms with Crippen LogP contribution in [0.1, 0.15) is 11.1 Å². The second-order valence-corrected chi connectivity index (χ2v) is 3.41. The highest BCUT2D eigenvalue weighted by molar-refractivity contribution is 6.04. The minimum atomic E-state index is -0.935. The predicted octanol–water partition coefficient (Wildman–Crippen LogP) is 1.31. The van der Waals surface area contributed by atoms with Gasteiger partial charge in [0, 0.05) is 0 Å². The monoisotopic (exact) mass is 212 g/mol. The molecule has 1 aromatic rings. The summed E-state index contributed by atoms with van der Waals surface area (Å²) in [6, 6.07) is 10.5. The number of aliphatic imine (C=N–C) groups is 1. The molecule has 0 bridgehead atoms. The lowest BCUT2D eigenvalue weighted by molar-refractivity contribution is 1.02. The van der Waals surface area contributed by atoms with Gasteiger partial charge in [-0.15, -0.1) is 0 Å². The van der Waals surface area contributed by atoms with E-state index in [-0.39, 0.29) is 5.71 Å². The smallest absolute Gasteiger partial charge is 0.145 e. The number of rotatable bonds is 3. The molecule has 1 atom stereocenters. The van der Waals surface area contributed by atoms with Crippen LogP contribution in [-0.4, -0.2) is 11.8 Å². The Hall–Kier alpha value is -2.17. The molecule has 0 spiro atoms. The van der Waals surface area contributed by atoms with Crippen molar-refractivity contribution >= 4 is 5.71 Å². The lowest BCUT2D eigenvalue weighted by atomic mass is 10.1. The third kappa shape index (κ3) is 3.20. The molecule has 4 heteroatoms. The van der Waals surface area contributed by atoms with Gasteiger partial charge in [0.05, 0.1) is 12.6 Å². The number of aryl methyl sites for hydroxylation is 1. The molecular formula is C12H12N4. The number of nitrogens with two attached hydrogens (primary N) is 1. The second kappa shape index (κ2) is 5.65. The molecule has 0 heterocycles. The van der Waals surface area contributed by atoms with Gasteiger partial charge in [0.15, 0.2) is 0 Å². The van der Waals surface area contributed by atoms with Gasteiger partial charge in [-0.25, -0.2) is 0 Å². The molecule has 0 fully saturated rings. The first-order valence-electron chi connectivity index (χ1n) is 4.82. The van der Waals surface area contributed by atoms with Gasteiger partial charge in [0.2, 0.25) is 0 Å². The van der Waals surface area contributed by atoms with Gasteiger partial charge in [-0.05, 0) is 12.5 Å². The van der Waals surface area contributed by atoms with Crippen molar-refractivity contribution in [3.63, 3.8) is 0 Å². The molecule has 0 aromatic heterocycles. The standard InChI is InChI=1S/C12H12N4/c1-9-2-4-10(5-3-9)8-16-12(7-14)11(15)6-13/h2-5,11H,8,15H2,1H3. The van der Waals surface area contributed by atoms with Crippen LogP contribution in [0.15, 0.2) is 29.3 Å². The summed E-state index contributed by atoms with van der Waals surface area (Å²) in [5.41, 5.74) is 7.63. The van der Waals surface area contributed by atoms with Gasteiger partial charge in [-0.2, -0.15) is 10.5 Å². The van der Waals surface area contributed by atoms with Gasteiger partial charge in [-0.1, -0.05) is 29.8 Å². The van der Waals surface area contributed by atoms with E-state index < -0.39 is 6.04 Å². The molecule has 0 saturated carbocycles. The maximum atomic E-state index is 8.74. The van der Waals surface area contributed by atoms with E-state index in [1.165, 1.54) is 5.56 Å². The van der Waals surface area contributed by atoms with E-state index >= 15 is 0 Å². The van der Waals surface area contributed by atoms with Crippen molar-refractivity contribution in [1.29, 1.82) is 10.5 Å². The minimum absolute atomic E-state index is 0.0723. The largest absolute Gasteiger partial charge is 0.310 e. The van der Waals surface area contributed by atoms with E-state index in [9.17, 15) is 0 Å². The van der Waals surface area contributed by atoms with Gasteiger partial charge < -0.3 is 5.73 Å². The summed E-state index contributed by atoms with van der Waals surface area (Å²) < 4.78 is 0. The molecule has 1 unspecified atom stereocenters. The van der Waals surface area contributed by atoms with Crippen molar-refractivity contribution in [3.8, 4) is 12.1 Å². The van der Waals surface area contributed by atoms with E-state index in [4.69, 9.17) is 16.3 Å². The van der Waals surface area contributed by atoms with Crippen molar-refractivity contribution in [2.75, 3.05) is 0 Å². The SMILES string of the molecule is Cc1ccc(CN=C(C#N)C(N)C#N)cc1. The molecule has 16 heavy (non-hydrogen) atoms. The highest BCUT2D eigenvalue weighted by Crippen LogP contribution is 2.04. The Bertz CT molecular complexity index is 459. The second-order valence-electron chi connectivity index (χ2n) is 3.41. The van der Waals surface area contributed by atoms with Crippen LogP contribution >= 0.6 is 0 Å². The van der Waals surface area contributed by atoms with Crippen LogP contribution in [0.5, 0.6) is 0 Å². The lowest BCUT2D eigenvalue weighted by Gasteiger charge is -2.00. The fraction of sp³-hybridized carbons (Fsp3) is 0.250. The maximum Gasteiger partial charge on any atom is 0.145 e. The Morgan fingerprint density at radius 2 is 2.00 bits per heavy atom. The summed E-state index contributed by atoms with van der Waals surface area (Å²) in [4.78, 5) is 4.02. The van der Waals surface area contributed by atoms with Crippen LogP contribution in [0.4, 0.5) is 0 Å². The summed E-state index contributed by atoms with van der Waals surface area (Å²) in [5, 5.41) is 17.3. The molecule has 0 saturated heterocycles. The van der Waals surface area contributed by atoms with E-state index in [1.54, 1.807) is 6.07 Å². The summed E-state index contributed by atoms with van der Waals surface area (Å²) in [6.07, 6.45) is 0. The number of benzene rings is 1. The summed E-state index contributed by atoms with van der Waals surface area (Å²) in [6.45, 7) is 2.37. The normalized spacial score (nSPS) is 12.6. The van der Waals surface area contributed by atoms with E-state index in [0.717, 1.165) is 5.56 Å². The van der Waals surface area contributed by atoms with E-state index in [2.05, 4.69) is 4.99 Å². The Morgan fingerprint density at radius 3 is 2.50 bits per heavy atom. The van der Waals surface area contributed by atoms with Crippen molar-refractivity contribution in [1.82, 2.24) is 0 Å². The summed E-state index contributed by atoms with van der Waals surface area (Å²) >= 11 is 0. The first-order valence-corrected chi connectivity index (χ1v) is 4.82. The third-order valence-electron chi connectivity index (χ3n) is 2.10. The Balaban J connectivity index is 2.76. The van der Waals surface area contributed by atoms with Crippen molar-refractivity contribution < 1.29 is 0 Å². The van der Waals surface area contributed by atoms with Gasteiger partial charge >= 0.3 is 0 Å². The average molecular weight is 212 g/mol. The van der Waals surface area contributed by atoms with Gasteiger partial charge in [0.1, 0.15) is 17.8 Å². The molecule has 4 nitrogen and oxygen atoms in total. The van der Waals surface area contributed by atoms with Crippen LogP contribution in [0.25, 0.3) is 0 Å². The summed E-state index contributed by atoms with van der Waals surface area (Å²) in [7, 11) is 0. The van der Waals surface area contributed by atoms with E-state index in [1.807, 2.05) is 37.3 Å². The molecular weight excluding hydrogens is 200 g/mol. The maximum absolute atomic E-state index is 8.74. The molecule has 0 aliphatic heterocycles. The van der Waals surface area contributed by atoms with Crippen LogP contribution in [0.3, 0.4) is 0 Å². The first-order chi connectivity index (χ1) is 7.67. The average Bonchev–Trinajstić information content (AvgIpc) is 2.31. The Morgan fingerprint density at radius 1 is 1.38 bits per heavy atom. The molecule has 1 rings (SSSR count). The molecule has 0 amide bonds. The van der Waals surface area contributed by atoms with Crippen molar-refractivity contribution in [2.24, 2.45) is 10.7 Å². The first kappa shape index (κ1) is 11.9. The third-order valence-corrected chi connectivity index (χ3v) is 2.10. The highest BCUT2D eigenvalue weighted by atomic mass is 14.8. The molecule has 0 radical (unpaired) electrons. The number of hydrogen-bond acceptors (Lipinski definition) is 4. The van der Waals surface area contributed by atoms with Crippen LogP contribution in [-0.2, 0) is 6.54 Å². The van der Waals surface area contributed by atoms with Crippen LogP contribution in [0, 0.1) is 29.6 Å².